The van der Waals surface area contributed by atoms with Gasteiger partial charge in [0.05, 0.1) is 18.2 Å². The van der Waals surface area contributed by atoms with Crippen LogP contribution in [0.1, 0.15) is 25.3 Å². The zero-order valence-electron chi connectivity index (χ0n) is 18.6. The van der Waals surface area contributed by atoms with E-state index in [0.717, 1.165) is 43.8 Å². The van der Waals surface area contributed by atoms with Crippen LogP contribution in [0.4, 0.5) is 5.69 Å². The quantitative estimate of drug-likeness (QED) is 0.522. The lowest BCUT2D eigenvalue weighted by Crippen LogP contribution is -2.44. The number of para-hydroxylation sites is 1. The Balaban J connectivity index is 1.43. The van der Waals surface area contributed by atoms with Crippen molar-refractivity contribution in [1.29, 1.82) is 0 Å². The molecule has 2 heterocycles. The number of nitrogens with zero attached hydrogens (tertiary/aromatic N) is 3. The molecule has 9 nitrogen and oxygen atoms in total. The van der Waals surface area contributed by atoms with Crippen molar-refractivity contribution in [3.8, 4) is 11.5 Å². The van der Waals surface area contributed by atoms with Crippen LogP contribution in [-0.4, -0.2) is 42.1 Å². The monoisotopic (exact) mass is 451 g/mol. The topological polar surface area (TPSA) is 118 Å². The predicted octanol–water partition coefficient (Wildman–Crippen LogP) is 1.45. The zero-order chi connectivity index (χ0) is 23.1. The molecule has 174 valence electrons. The molecule has 1 saturated carbocycles. The van der Waals surface area contributed by atoms with Crippen molar-refractivity contribution in [3.05, 3.63) is 63.3 Å². The van der Waals surface area contributed by atoms with Gasteiger partial charge in [-0.3, -0.25) is 9.36 Å². The lowest BCUT2D eigenvalue weighted by molar-refractivity contribution is 0.253. The van der Waals surface area contributed by atoms with Gasteiger partial charge in [-0.25, -0.2) is 4.79 Å². The summed E-state index contributed by atoms with van der Waals surface area (Å²) in [4.78, 5) is 27.7. The summed E-state index contributed by atoms with van der Waals surface area (Å²) in [6.45, 7) is 1.98. The molecule has 1 aliphatic heterocycles. The molecule has 2 atom stereocenters. The van der Waals surface area contributed by atoms with Gasteiger partial charge in [0, 0.05) is 25.2 Å². The summed E-state index contributed by atoms with van der Waals surface area (Å²) in [7, 11) is 1.57. The molecule has 0 bridgehead atoms. The summed E-state index contributed by atoms with van der Waals surface area (Å²) in [5, 5.41) is 0.383. The Labute approximate surface area is 191 Å². The van der Waals surface area contributed by atoms with Crippen molar-refractivity contribution in [2.45, 2.75) is 31.3 Å². The van der Waals surface area contributed by atoms with Gasteiger partial charge in [-0.05, 0) is 49.4 Å². The molecule has 3 aromatic rings. The van der Waals surface area contributed by atoms with Crippen LogP contribution in [0.3, 0.4) is 0 Å². The van der Waals surface area contributed by atoms with E-state index in [4.69, 9.17) is 21.1 Å². The number of rotatable bonds is 7. The lowest BCUT2D eigenvalue weighted by Gasteiger charge is -2.25. The number of methoxy groups -OCH3 is 1. The molecule has 0 spiro atoms. The highest BCUT2D eigenvalue weighted by molar-refractivity contribution is 5.90. The molecule has 2 aliphatic rings. The van der Waals surface area contributed by atoms with Crippen molar-refractivity contribution < 1.29 is 9.47 Å². The van der Waals surface area contributed by atoms with Crippen LogP contribution >= 0.6 is 0 Å². The Morgan fingerprint density at radius 1 is 1.09 bits per heavy atom. The molecule has 0 radical (unpaired) electrons. The predicted molar refractivity (Wildman–Crippen MR) is 128 cm³/mol. The van der Waals surface area contributed by atoms with Gasteiger partial charge in [-0.2, -0.15) is 4.68 Å². The number of fused-ring (bicyclic) bond motifs is 1. The van der Waals surface area contributed by atoms with E-state index in [9.17, 15) is 9.59 Å². The molecule has 33 heavy (non-hydrogen) atoms. The summed E-state index contributed by atoms with van der Waals surface area (Å²) in [5.74, 6) is 7.37. The average molecular weight is 452 g/mol. The van der Waals surface area contributed by atoms with Crippen molar-refractivity contribution in [3.63, 3.8) is 0 Å². The van der Waals surface area contributed by atoms with Crippen molar-refractivity contribution >= 4 is 16.6 Å². The molecule has 2 fully saturated rings. The van der Waals surface area contributed by atoms with Crippen LogP contribution in [0.5, 0.6) is 11.5 Å². The summed E-state index contributed by atoms with van der Waals surface area (Å²) in [6.07, 6.45) is 2.67. The minimum Gasteiger partial charge on any atom is -0.492 e. The van der Waals surface area contributed by atoms with Crippen LogP contribution in [0.25, 0.3) is 10.9 Å². The Kier molecular flexibility index (Phi) is 5.49. The molecule has 9 heteroatoms. The van der Waals surface area contributed by atoms with E-state index in [1.165, 1.54) is 0 Å². The largest absolute Gasteiger partial charge is 0.492 e. The number of anilines is 1. The van der Waals surface area contributed by atoms with Crippen LogP contribution in [0.2, 0.25) is 0 Å². The fourth-order valence-corrected chi connectivity index (χ4v) is 4.72. The Bertz CT molecular complexity index is 1280. The zero-order valence-corrected chi connectivity index (χ0v) is 18.6. The standard InChI is InChI=1S/C24H29N5O4/c1-32-22-20(10-9-18-21(22)28(16-7-8-16)24(31)29(26)23(18)30)27-12-11-15(13-27)19(25)14-33-17-5-3-2-4-6-17/h2-6,9-10,15-16,19H,7-8,11-14,25-26H2,1H3/t15-,19+/m1/s1. The number of ether oxygens (including phenoxy) is 2. The first-order chi connectivity index (χ1) is 16.0. The third-order valence-corrected chi connectivity index (χ3v) is 6.69. The summed E-state index contributed by atoms with van der Waals surface area (Å²) >= 11 is 0. The van der Waals surface area contributed by atoms with E-state index in [-0.39, 0.29) is 18.0 Å². The molecule has 2 aromatic carbocycles. The van der Waals surface area contributed by atoms with Crippen LogP contribution in [0.15, 0.2) is 52.1 Å². The third kappa shape index (κ3) is 3.82. The van der Waals surface area contributed by atoms with E-state index in [0.29, 0.717) is 27.9 Å². The minimum absolute atomic E-state index is 0.0365. The van der Waals surface area contributed by atoms with Crippen molar-refractivity contribution in [1.82, 2.24) is 9.24 Å². The Morgan fingerprint density at radius 2 is 1.85 bits per heavy atom. The number of nitrogens with two attached hydrogens (primary N) is 2. The molecular weight excluding hydrogens is 422 g/mol. The Hall–Kier alpha value is -3.46. The molecule has 0 unspecified atom stereocenters. The van der Waals surface area contributed by atoms with Gasteiger partial charge >= 0.3 is 5.69 Å². The van der Waals surface area contributed by atoms with Gasteiger partial charge in [-0.1, -0.05) is 18.2 Å². The molecule has 1 saturated heterocycles. The smallest absolute Gasteiger partial charge is 0.350 e. The number of hydrogen-bond acceptors (Lipinski definition) is 7. The maximum atomic E-state index is 12.8. The molecule has 1 aromatic heterocycles. The van der Waals surface area contributed by atoms with E-state index < -0.39 is 11.2 Å². The molecular formula is C24H29N5O4. The molecule has 5 rings (SSSR count). The summed E-state index contributed by atoms with van der Waals surface area (Å²) < 4.78 is 14.0. The minimum atomic E-state index is -0.517. The van der Waals surface area contributed by atoms with Gasteiger partial charge in [0.15, 0.2) is 5.75 Å². The Morgan fingerprint density at radius 3 is 2.55 bits per heavy atom. The van der Waals surface area contributed by atoms with Crippen LogP contribution in [-0.2, 0) is 0 Å². The lowest BCUT2D eigenvalue weighted by atomic mass is 10.0. The maximum Gasteiger partial charge on any atom is 0.350 e. The van der Waals surface area contributed by atoms with Gasteiger partial charge in [0.25, 0.3) is 5.56 Å². The average Bonchev–Trinajstić information content (AvgIpc) is 3.55. The second-order valence-electron chi connectivity index (χ2n) is 8.86. The number of nitrogen functional groups attached to an aromatic ring is 1. The second-order valence-corrected chi connectivity index (χ2v) is 8.86. The van der Waals surface area contributed by atoms with E-state index >= 15 is 0 Å². The summed E-state index contributed by atoms with van der Waals surface area (Å²) in [6, 6.07) is 13.2. The highest BCUT2D eigenvalue weighted by Crippen LogP contribution is 2.42. The van der Waals surface area contributed by atoms with Crippen LogP contribution < -0.4 is 37.2 Å². The van der Waals surface area contributed by atoms with Crippen molar-refractivity contribution in [2.75, 3.05) is 37.5 Å². The molecule has 4 N–H and O–H groups in total. The summed E-state index contributed by atoms with van der Waals surface area (Å²) in [5.41, 5.74) is 6.82. The van der Waals surface area contributed by atoms with Gasteiger partial charge in [0.2, 0.25) is 0 Å². The number of benzene rings is 2. The second kappa shape index (κ2) is 8.47. The first-order valence-corrected chi connectivity index (χ1v) is 11.3. The highest BCUT2D eigenvalue weighted by atomic mass is 16.5. The van der Waals surface area contributed by atoms with Crippen LogP contribution in [0, 0.1) is 5.92 Å². The fraction of sp³-hybridized carbons (Fsp3) is 0.417. The van der Waals surface area contributed by atoms with E-state index in [2.05, 4.69) is 4.90 Å². The molecule has 1 aliphatic carbocycles. The first kappa shape index (κ1) is 21.4. The highest BCUT2D eigenvalue weighted by Gasteiger charge is 2.33. The van der Waals surface area contributed by atoms with Gasteiger partial charge < -0.3 is 25.9 Å². The van der Waals surface area contributed by atoms with Crippen molar-refractivity contribution in [2.24, 2.45) is 11.7 Å². The number of hydrogen-bond donors (Lipinski definition) is 2. The maximum absolute atomic E-state index is 12.8. The van der Waals surface area contributed by atoms with E-state index in [1.807, 2.05) is 36.4 Å². The van der Waals surface area contributed by atoms with E-state index in [1.54, 1.807) is 17.7 Å². The van der Waals surface area contributed by atoms with Gasteiger partial charge in [-0.15, -0.1) is 0 Å². The van der Waals surface area contributed by atoms with Gasteiger partial charge in [0.1, 0.15) is 17.9 Å². The number of aromatic nitrogens is 2. The fourth-order valence-electron chi connectivity index (χ4n) is 4.72. The SMILES string of the molecule is COc1c(N2CC[C@@H]([C@@H](N)COc3ccccc3)C2)ccc2c(=O)n(N)c(=O)n(C3CC3)c12. The normalized spacial score (nSPS) is 19.1. The first-order valence-electron chi connectivity index (χ1n) is 11.3. The third-order valence-electron chi connectivity index (χ3n) is 6.69. The molecule has 0 amide bonds.